The Bertz CT molecular complexity index is 625. The molecule has 1 heterocycles. The van der Waals surface area contributed by atoms with Gasteiger partial charge in [0.25, 0.3) is 0 Å². The minimum Gasteiger partial charge on any atom is -0.493 e. The summed E-state index contributed by atoms with van der Waals surface area (Å²) in [5, 5.41) is 16.0. The monoisotopic (exact) mass is 294 g/mol. The molecule has 0 aliphatic carbocycles. The third-order valence-electron chi connectivity index (χ3n) is 2.87. The van der Waals surface area contributed by atoms with E-state index < -0.39 is 0 Å². The fourth-order valence-electron chi connectivity index (χ4n) is 1.77. The molecule has 0 aliphatic heterocycles. The summed E-state index contributed by atoms with van der Waals surface area (Å²) < 4.78 is 7.42. The Morgan fingerprint density at radius 3 is 2.90 bits per heavy atom. The van der Waals surface area contributed by atoms with Crippen molar-refractivity contribution in [3.63, 3.8) is 0 Å². The Balaban J connectivity index is 1.97. The van der Waals surface area contributed by atoms with Gasteiger partial charge in [0.1, 0.15) is 5.75 Å². The van der Waals surface area contributed by atoms with Gasteiger partial charge in [0.05, 0.1) is 11.6 Å². The third kappa shape index (κ3) is 3.21. The van der Waals surface area contributed by atoms with Crippen molar-refractivity contribution in [3.8, 4) is 5.75 Å². The highest BCUT2D eigenvalue weighted by atomic mass is 35.5. The van der Waals surface area contributed by atoms with E-state index in [0.717, 1.165) is 12.1 Å². The lowest BCUT2D eigenvalue weighted by Gasteiger charge is -2.08. The molecule has 0 amide bonds. The molecule has 0 atom stereocenters. The van der Waals surface area contributed by atoms with Crippen molar-refractivity contribution < 1.29 is 9.94 Å². The standard InChI is InChI=1S/C13H15ClN4O2/c1-18-9(4-6-16-18)5-7-20-10-2-3-11(12(14)8-10)13(15)17-19/h2-4,6,8,19H,5,7H2,1H3,(H2,15,17). The van der Waals surface area contributed by atoms with Gasteiger partial charge in [-0.2, -0.15) is 5.10 Å². The summed E-state index contributed by atoms with van der Waals surface area (Å²) in [5.41, 5.74) is 7.04. The van der Waals surface area contributed by atoms with Crippen molar-refractivity contribution in [2.75, 3.05) is 6.61 Å². The average Bonchev–Trinajstić information content (AvgIpc) is 2.84. The van der Waals surface area contributed by atoms with E-state index in [1.165, 1.54) is 0 Å². The molecule has 0 fully saturated rings. The minimum atomic E-state index is -0.0311. The van der Waals surface area contributed by atoms with Gasteiger partial charge in [0, 0.05) is 30.9 Å². The molecular weight excluding hydrogens is 280 g/mol. The lowest BCUT2D eigenvalue weighted by molar-refractivity contribution is 0.317. The molecule has 0 unspecified atom stereocenters. The van der Waals surface area contributed by atoms with Gasteiger partial charge in [-0.05, 0) is 24.3 Å². The molecule has 0 bridgehead atoms. The van der Waals surface area contributed by atoms with Gasteiger partial charge < -0.3 is 15.7 Å². The molecule has 0 spiro atoms. The zero-order valence-electron chi connectivity index (χ0n) is 11.0. The Morgan fingerprint density at radius 1 is 1.50 bits per heavy atom. The van der Waals surface area contributed by atoms with Crippen LogP contribution in [0.3, 0.4) is 0 Å². The molecule has 1 aromatic carbocycles. The number of nitrogens with two attached hydrogens (primary N) is 1. The number of hydrogen-bond acceptors (Lipinski definition) is 4. The summed E-state index contributed by atoms with van der Waals surface area (Å²) in [6.45, 7) is 0.513. The van der Waals surface area contributed by atoms with Crippen molar-refractivity contribution in [2.24, 2.45) is 17.9 Å². The van der Waals surface area contributed by atoms with Crippen molar-refractivity contribution in [2.45, 2.75) is 6.42 Å². The molecule has 1 aromatic heterocycles. The zero-order valence-corrected chi connectivity index (χ0v) is 11.7. The summed E-state index contributed by atoms with van der Waals surface area (Å²) in [6.07, 6.45) is 2.49. The van der Waals surface area contributed by atoms with Crippen molar-refractivity contribution in [1.29, 1.82) is 0 Å². The fourth-order valence-corrected chi connectivity index (χ4v) is 2.03. The summed E-state index contributed by atoms with van der Waals surface area (Å²) in [6, 6.07) is 6.95. The van der Waals surface area contributed by atoms with Gasteiger partial charge in [-0.25, -0.2) is 0 Å². The molecule has 106 valence electrons. The number of hydrogen-bond donors (Lipinski definition) is 2. The molecule has 0 saturated carbocycles. The molecule has 7 heteroatoms. The van der Waals surface area contributed by atoms with E-state index in [0.29, 0.717) is 22.9 Å². The predicted molar refractivity (Wildman–Crippen MR) is 76.4 cm³/mol. The number of aromatic nitrogens is 2. The zero-order chi connectivity index (χ0) is 14.5. The largest absolute Gasteiger partial charge is 0.493 e. The van der Waals surface area contributed by atoms with Crippen LogP contribution in [-0.4, -0.2) is 27.4 Å². The van der Waals surface area contributed by atoms with Crippen LogP contribution in [0, 0.1) is 0 Å². The molecule has 0 saturated heterocycles. The molecule has 20 heavy (non-hydrogen) atoms. The normalized spacial score (nSPS) is 11.6. The maximum Gasteiger partial charge on any atom is 0.171 e. The van der Waals surface area contributed by atoms with Crippen LogP contribution >= 0.6 is 11.6 Å². The number of rotatable bonds is 5. The van der Waals surface area contributed by atoms with Crippen LogP contribution in [0.1, 0.15) is 11.3 Å². The van der Waals surface area contributed by atoms with Crippen LogP contribution in [0.5, 0.6) is 5.75 Å². The first kappa shape index (κ1) is 14.2. The second-order valence-electron chi connectivity index (χ2n) is 4.17. The van der Waals surface area contributed by atoms with Gasteiger partial charge in [-0.1, -0.05) is 16.8 Å². The Hall–Kier alpha value is -2.21. The van der Waals surface area contributed by atoms with E-state index in [-0.39, 0.29) is 5.84 Å². The molecule has 2 aromatic rings. The maximum absolute atomic E-state index is 8.62. The lowest BCUT2D eigenvalue weighted by atomic mass is 10.2. The van der Waals surface area contributed by atoms with Crippen LogP contribution in [0.15, 0.2) is 35.6 Å². The summed E-state index contributed by atoms with van der Waals surface area (Å²) in [4.78, 5) is 0. The number of nitrogens with zero attached hydrogens (tertiary/aromatic N) is 3. The van der Waals surface area contributed by atoms with Crippen LogP contribution in [0.2, 0.25) is 5.02 Å². The Morgan fingerprint density at radius 2 is 2.30 bits per heavy atom. The van der Waals surface area contributed by atoms with E-state index in [4.69, 9.17) is 27.3 Å². The van der Waals surface area contributed by atoms with Crippen LogP contribution in [-0.2, 0) is 13.5 Å². The topological polar surface area (TPSA) is 85.7 Å². The quantitative estimate of drug-likeness (QED) is 0.381. The average molecular weight is 295 g/mol. The third-order valence-corrected chi connectivity index (χ3v) is 3.19. The minimum absolute atomic E-state index is 0.0311. The summed E-state index contributed by atoms with van der Waals surface area (Å²) >= 11 is 6.04. The Kier molecular flexibility index (Phi) is 4.47. The summed E-state index contributed by atoms with van der Waals surface area (Å²) in [7, 11) is 1.89. The number of amidine groups is 1. The highest BCUT2D eigenvalue weighted by molar-refractivity contribution is 6.34. The molecular formula is C13H15ClN4O2. The molecule has 0 aliphatic rings. The first-order valence-electron chi connectivity index (χ1n) is 5.99. The molecule has 3 N–H and O–H groups in total. The van der Waals surface area contributed by atoms with Gasteiger partial charge in [0.15, 0.2) is 5.84 Å². The number of benzene rings is 1. The first-order valence-corrected chi connectivity index (χ1v) is 6.36. The highest BCUT2D eigenvalue weighted by Gasteiger charge is 2.07. The smallest absolute Gasteiger partial charge is 0.171 e. The molecule has 2 rings (SSSR count). The van der Waals surface area contributed by atoms with E-state index >= 15 is 0 Å². The SMILES string of the molecule is Cn1nccc1CCOc1ccc(/C(N)=N/O)c(Cl)c1. The molecule has 0 radical (unpaired) electrons. The van der Waals surface area contributed by atoms with E-state index in [1.54, 1.807) is 29.1 Å². The van der Waals surface area contributed by atoms with Gasteiger partial charge in [0.2, 0.25) is 0 Å². The highest BCUT2D eigenvalue weighted by Crippen LogP contribution is 2.22. The second-order valence-corrected chi connectivity index (χ2v) is 4.58. The van der Waals surface area contributed by atoms with Gasteiger partial charge in [-0.15, -0.1) is 0 Å². The summed E-state index contributed by atoms with van der Waals surface area (Å²) in [5.74, 6) is 0.600. The second kappa shape index (κ2) is 6.29. The van der Waals surface area contributed by atoms with Crippen molar-refractivity contribution >= 4 is 17.4 Å². The van der Waals surface area contributed by atoms with Crippen LogP contribution in [0.4, 0.5) is 0 Å². The predicted octanol–water partition coefficient (Wildman–Crippen LogP) is 1.79. The number of oxime groups is 1. The van der Waals surface area contributed by atoms with Crippen LogP contribution in [0.25, 0.3) is 0 Å². The first-order chi connectivity index (χ1) is 9.61. The number of aryl methyl sites for hydroxylation is 1. The van der Waals surface area contributed by atoms with Gasteiger partial charge >= 0.3 is 0 Å². The number of ether oxygens (including phenoxy) is 1. The number of halogens is 1. The van der Waals surface area contributed by atoms with Crippen LogP contribution < -0.4 is 10.5 Å². The lowest BCUT2D eigenvalue weighted by Crippen LogP contribution is -2.13. The maximum atomic E-state index is 8.62. The van der Waals surface area contributed by atoms with Crippen molar-refractivity contribution in [3.05, 3.63) is 46.7 Å². The van der Waals surface area contributed by atoms with E-state index in [2.05, 4.69) is 10.3 Å². The van der Waals surface area contributed by atoms with Gasteiger partial charge in [-0.3, -0.25) is 4.68 Å². The van der Waals surface area contributed by atoms with E-state index in [9.17, 15) is 0 Å². The van der Waals surface area contributed by atoms with E-state index in [1.807, 2.05) is 13.1 Å². The molecule has 6 nitrogen and oxygen atoms in total. The fraction of sp³-hybridized carbons (Fsp3) is 0.231. The Labute approximate surface area is 121 Å². The van der Waals surface area contributed by atoms with Crippen molar-refractivity contribution in [1.82, 2.24) is 9.78 Å².